The first-order valence-corrected chi connectivity index (χ1v) is 9.37. The van der Waals surface area contributed by atoms with Gasteiger partial charge in [0.25, 0.3) is 0 Å². The van der Waals surface area contributed by atoms with Crippen LogP contribution >= 0.6 is 0 Å². The molecule has 2 aliphatic rings. The zero-order valence-electron chi connectivity index (χ0n) is 15.6. The lowest BCUT2D eigenvalue weighted by Crippen LogP contribution is -2.29. The summed E-state index contributed by atoms with van der Waals surface area (Å²) in [7, 11) is 0. The lowest BCUT2D eigenvalue weighted by Gasteiger charge is -2.21. The van der Waals surface area contributed by atoms with Gasteiger partial charge in [-0.3, -0.25) is 4.90 Å². The summed E-state index contributed by atoms with van der Waals surface area (Å²) in [6.45, 7) is 9.07. The van der Waals surface area contributed by atoms with Crippen molar-refractivity contribution in [3.63, 3.8) is 0 Å². The van der Waals surface area contributed by atoms with Crippen molar-refractivity contribution in [3.05, 3.63) is 48.2 Å². The molecule has 5 heterocycles. The highest BCUT2D eigenvalue weighted by Gasteiger charge is 2.40. The highest BCUT2D eigenvalue weighted by atomic mass is 16.3. The third-order valence-electron chi connectivity index (χ3n) is 5.59. The molecule has 0 aliphatic carbocycles. The predicted molar refractivity (Wildman–Crippen MR) is 99.6 cm³/mol. The number of hydrogen-bond donors (Lipinski definition) is 0. The van der Waals surface area contributed by atoms with Crippen molar-refractivity contribution in [3.8, 4) is 5.82 Å². The van der Waals surface area contributed by atoms with E-state index in [1.54, 1.807) is 18.8 Å². The number of aromatic nitrogens is 5. The van der Waals surface area contributed by atoms with Gasteiger partial charge in [0.15, 0.2) is 5.82 Å². The third kappa shape index (κ3) is 3.10. The van der Waals surface area contributed by atoms with Crippen LogP contribution in [0.4, 0.5) is 5.82 Å². The molecule has 0 radical (unpaired) electrons. The smallest absolute Gasteiger partial charge is 0.208 e. The van der Waals surface area contributed by atoms with Gasteiger partial charge in [-0.2, -0.15) is 5.10 Å². The van der Waals surface area contributed by atoms with E-state index < -0.39 is 0 Å². The van der Waals surface area contributed by atoms with Crippen LogP contribution in [-0.2, 0) is 6.54 Å². The maximum atomic E-state index is 5.39. The Morgan fingerprint density at radius 1 is 1.00 bits per heavy atom. The third-order valence-corrected chi connectivity index (χ3v) is 5.59. The van der Waals surface area contributed by atoms with Crippen LogP contribution in [0.25, 0.3) is 5.82 Å². The number of nitrogens with zero attached hydrogens (tertiary/aromatic N) is 7. The fourth-order valence-electron chi connectivity index (χ4n) is 4.42. The highest BCUT2D eigenvalue weighted by molar-refractivity contribution is 5.45. The molecule has 0 bridgehead atoms. The summed E-state index contributed by atoms with van der Waals surface area (Å²) in [5.74, 6) is 3.94. The van der Waals surface area contributed by atoms with Crippen molar-refractivity contribution in [2.24, 2.45) is 11.8 Å². The molecule has 2 fully saturated rings. The molecule has 3 aromatic rings. The Hall–Kier alpha value is -2.74. The average Bonchev–Trinajstić information content (AvgIpc) is 3.40. The quantitative estimate of drug-likeness (QED) is 0.698. The van der Waals surface area contributed by atoms with Gasteiger partial charge in [0.2, 0.25) is 5.89 Å². The Kier molecular flexibility index (Phi) is 3.93. The van der Waals surface area contributed by atoms with Gasteiger partial charge in [-0.15, -0.1) is 0 Å². The second kappa shape index (κ2) is 6.45. The van der Waals surface area contributed by atoms with E-state index in [9.17, 15) is 0 Å². The molecular formula is C19H23N7O. The average molecular weight is 365 g/mol. The van der Waals surface area contributed by atoms with Crippen LogP contribution in [0, 0.1) is 25.7 Å². The summed E-state index contributed by atoms with van der Waals surface area (Å²) < 4.78 is 7.27. The summed E-state index contributed by atoms with van der Waals surface area (Å²) in [6, 6.07) is 4.11. The van der Waals surface area contributed by atoms with Crippen molar-refractivity contribution < 1.29 is 4.42 Å². The number of anilines is 1. The lowest BCUT2D eigenvalue weighted by atomic mass is 10.0. The Morgan fingerprint density at radius 2 is 1.78 bits per heavy atom. The molecule has 0 spiro atoms. The molecule has 5 rings (SSSR count). The zero-order chi connectivity index (χ0) is 18.4. The van der Waals surface area contributed by atoms with Crippen molar-refractivity contribution in [2.45, 2.75) is 20.4 Å². The van der Waals surface area contributed by atoms with Crippen LogP contribution in [0.5, 0.6) is 0 Å². The molecule has 27 heavy (non-hydrogen) atoms. The van der Waals surface area contributed by atoms with Gasteiger partial charge >= 0.3 is 0 Å². The SMILES string of the molecule is Cc1cc(C)n(-c2cc(N3CC4CN(Cc5ncco5)CC4C3)ncn2)n1. The maximum absolute atomic E-state index is 5.39. The maximum Gasteiger partial charge on any atom is 0.208 e. The number of likely N-dealkylation sites (tertiary alicyclic amines) is 1. The van der Waals surface area contributed by atoms with Crippen LogP contribution in [0.15, 0.2) is 35.3 Å². The first-order chi connectivity index (χ1) is 13.2. The minimum Gasteiger partial charge on any atom is -0.448 e. The van der Waals surface area contributed by atoms with Gasteiger partial charge in [0.05, 0.1) is 18.4 Å². The van der Waals surface area contributed by atoms with E-state index in [1.165, 1.54) is 0 Å². The van der Waals surface area contributed by atoms with E-state index in [-0.39, 0.29) is 0 Å². The monoisotopic (exact) mass is 365 g/mol. The molecule has 2 aliphatic heterocycles. The summed E-state index contributed by atoms with van der Waals surface area (Å²) in [4.78, 5) is 18.0. The zero-order valence-corrected chi connectivity index (χ0v) is 15.6. The summed E-state index contributed by atoms with van der Waals surface area (Å²) >= 11 is 0. The second-order valence-electron chi connectivity index (χ2n) is 7.62. The molecule has 2 saturated heterocycles. The largest absolute Gasteiger partial charge is 0.448 e. The summed E-state index contributed by atoms with van der Waals surface area (Å²) in [5, 5.41) is 4.54. The van der Waals surface area contributed by atoms with Crippen molar-refractivity contribution in [1.29, 1.82) is 0 Å². The molecule has 0 N–H and O–H groups in total. The van der Waals surface area contributed by atoms with Gasteiger partial charge < -0.3 is 9.32 Å². The molecule has 0 saturated carbocycles. The van der Waals surface area contributed by atoms with Gasteiger partial charge in [-0.25, -0.2) is 19.6 Å². The fraction of sp³-hybridized carbons (Fsp3) is 0.474. The number of oxazole rings is 1. The van der Waals surface area contributed by atoms with Gasteiger partial charge in [-0.05, 0) is 31.7 Å². The second-order valence-corrected chi connectivity index (χ2v) is 7.62. The Bertz CT molecular complexity index is 921. The first kappa shape index (κ1) is 16.4. The Labute approximate surface area is 157 Å². The van der Waals surface area contributed by atoms with Crippen molar-refractivity contribution in [2.75, 3.05) is 31.1 Å². The number of fused-ring (bicyclic) bond motifs is 1. The van der Waals surface area contributed by atoms with Gasteiger partial charge in [0.1, 0.15) is 18.4 Å². The lowest BCUT2D eigenvalue weighted by molar-refractivity contribution is 0.274. The standard InChI is InChI=1S/C19H23N7O/c1-13-5-14(2)26(23-13)18-6-17(21-12-22-18)25-9-15-7-24(8-16(15)10-25)11-19-20-3-4-27-19/h3-6,12,15-16H,7-11H2,1-2H3. The molecule has 2 atom stereocenters. The van der Waals surface area contributed by atoms with E-state index in [0.717, 1.165) is 61.6 Å². The predicted octanol–water partition coefficient (Wildman–Crippen LogP) is 1.84. The Balaban J connectivity index is 1.28. The molecule has 0 amide bonds. The van der Waals surface area contributed by atoms with Gasteiger partial charge in [0, 0.05) is 37.9 Å². The highest BCUT2D eigenvalue weighted by Crippen LogP contribution is 2.34. The minimum atomic E-state index is 0.659. The molecule has 0 aromatic carbocycles. The van der Waals surface area contributed by atoms with Crippen LogP contribution in [-0.4, -0.2) is 55.8 Å². The number of aryl methyl sites for hydroxylation is 2. The molecular weight excluding hydrogens is 342 g/mol. The van der Waals surface area contributed by atoms with Crippen molar-refractivity contribution in [1.82, 2.24) is 29.6 Å². The number of hydrogen-bond acceptors (Lipinski definition) is 7. The molecule has 3 aromatic heterocycles. The first-order valence-electron chi connectivity index (χ1n) is 9.37. The molecule has 8 nitrogen and oxygen atoms in total. The molecule has 140 valence electrons. The van der Waals surface area contributed by atoms with Crippen LogP contribution in [0.1, 0.15) is 17.3 Å². The normalized spacial score (nSPS) is 22.5. The Morgan fingerprint density at radius 3 is 2.44 bits per heavy atom. The van der Waals surface area contributed by atoms with Crippen LogP contribution in [0.3, 0.4) is 0 Å². The topological polar surface area (TPSA) is 76.1 Å². The summed E-state index contributed by atoms with van der Waals surface area (Å²) in [5.41, 5.74) is 2.08. The molecule has 8 heteroatoms. The van der Waals surface area contributed by atoms with Crippen LogP contribution in [0.2, 0.25) is 0 Å². The van der Waals surface area contributed by atoms with E-state index in [2.05, 4.69) is 35.9 Å². The van der Waals surface area contributed by atoms with Gasteiger partial charge in [-0.1, -0.05) is 0 Å². The van der Waals surface area contributed by atoms with E-state index >= 15 is 0 Å². The minimum absolute atomic E-state index is 0.659. The summed E-state index contributed by atoms with van der Waals surface area (Å²) in [6.07, 6.45) is 5.00. The van der Waals surface area contributed by atoms with E-state index in [1.807, 2.05) is 24.6 Å². The number of rotatable bonds is 4. The van der Waals surface area contributed by atoms with Crippen LogP contribution < -0.4 is 4.90 Å². The van der Waals surface area contributed by atoms with E-state index in [0.29, 0.717) is 11.8 Å². The van der Waals surface area contributed by atoms with Crippen molar-refractivity contribution >= 4 is 5.82 Å². The molecule has 2 unspecified atom stereocenters. The van der Waals surface area contributed by atoms with E-state index in [4.69, 9.17) is 4.42 Å². The fourth-order valence-corrected chi connectivity index (χ4v) is 4.42.